The molecule has 0 radical (unpaired) electrons. The number of ether oxygens (including phenoxy) is 2. The molecule has 166 valence electrons. The van der Waals surface area contributed by atoms with E-state index in [1.54, 1.807) is 43.3 Å². The van der Waals surface area contributed by atoms with Gasteiger partial charge in [0, 0.05) is 16.1 Å². The number of hydrogen-bond acceptors (Lipinski definition) is 4. The highest BCUT2D eigenvalue weighted by Gasteiger charge is 2.17. The van der Waals surface area contributed by atoms with Crippen molar-refractivity contribution in [3.8, 4) is 5.75 Å². The van der Waals surface area contributed by atoms with E-state index in [0.717, 1.165) is 11.6 Å². The molecule has 0 spiro atoms. The van der Waals surface area contributed by atoms with Crippen LogP contribution in [0.5, 0.6) is 5.75 Å². The molecule has 0 heterocycles. The van der Waals surface area contributed by atoms with Gasteiger partial charge in [-0.15, -0.1) is 0 Å². The van der Waals surface area contributed by atoms with E-state index in [9.17, 15) is 18.4 Å². The van der Waals surface area contributed by atoms with Crippen molar-refractivity contribution in [1.29, 1.82) is 0 Å². The summed E-state index contributed by atoms with van der Waals surface area (Å²) in [6.07, 6.45) is 0. The Morgan fingerprint density at radius 3 is 2.47 bits per heavy atom. The second kappa shape index (κ2) is 10.2. The molecule has 3 aromatic carbocycles. The van der Waals surface area contributed by atoms with Gasteiger partial charge in [-0.1, -0.05) is 35.9 Å². The van der Waals surface area contributed by atoms with Gasteiger partial charge < -0.3 is 14.8 Å². The molecule has 0 bridgehead atoms. The first kappa shape index (κ1) is 23.2. The minimum atomic E-state index is -1.10. The Labute approximate surface area is 188 Å². The molecule has 0 aliphatic rings. The van der Waals surface area contributed by atoms with Gasteiger partial charge in [0.1, 0.15) is 6.61 Å². The van der Waals surface area contributed by atoms with E-state index in [2.05, 4.69) is 10.1 Å². The zero-order valence-electron chi connectivity index (χ0n) is 17.3. The van der Waals surface area contributed by atoms with Gasteiger partial charge in [-0.2, -0.15) is 4.39 Å². The Bertz CT molecular complexity index is 1140. The van der Waals surface area contributed by atoms with Gasteiger partial charge in [0.05, 0.1) is 18.7 Å². The SMILES string of the molecule is COC(=O)c1ccc([C@H](C)NC(=O)c2cc(Cl)ccc2COc2cccc(F)c2F)cc1. The fourth-order valence-corrected chi connectivity index (χ4v) is 3.19. The topological polar surface area (TPSA) is 64.6 Å². The molecular weight excluding hydrogens is 440 g/mol. The predicted molar refractivity (Wildman–Crippen MR) is 116 cm³/mol. The van der Waals surface area contributed by atoms with Crippen LogP contribution in [0.1, 0.15) is 44.8 Å². The lowest BCUT2D eigenvalue weighted by Crippen LogP contribution is -2.28. The molecule has 0 fully saturated rings. The maximum atomic E-state index is 13.9. The molecule has 1 amide bonds. The lowest BCUT2D eigenvalue weighted by molar-refractivity contribution is 0.0600. The maximum absolute atomic E-state index is 13.9. The third-order valence-corrected chi connectivity index (χ3v) is 5.03. The van der Waals surface area contributed by atoms with E-state index in [0.29, 0.717) is 16.1 Å². The van der Waals surface area contributed by atoms with Gasteiger partial charge in [0.25, 0.3) is 5.91 Å². The first-order chi connectivity index (χ1) is 15.3. The summed E-state index contributed by atoms with van der Waals surface area (Å²) in [5.74, 6) is -3.26. The number of hydrogen-bond donors (Lipinski definition) is 1. The summed E-state index contributed by atoms with van der Waals surface area (Å²) >= 11 is 6.06. The number of halogens is 3. The van der Waals surface area contributed by atoms with E-state index in [-0.39, 0.29) is 24.0 Å². The van der Waals surface area contributed by atoms with Crippen molar-refractivity contribution in [2.45, 2.75) is 19.6 Å². The van der Waals surface area contributed by atoms with E-state index >= 15 is 0 Å². The third-order valence-electron chi connectivity index (χ3n) is 4.80. The van der Waals surface area contributed by atoms with Crippen LogP contribution in [0.15, 0.2) is 60.7 Å². The molecular formula is C24H20ClF2NO4. The van der Waals surface area contributed by atoms with Crippen LogP contribution in [0.3, 0.4) is 0 Å². The van der Waals surface area contributed by atoms with Crippen molar-refractivity contribution < 1.29 is 27.8 Å². The highest BCUT2D eigenvalue weighted by Crippen LogP contribution is 2.23. The number of rotatable bonds is 7. The summed E-state index contributed by atoms with van der Waals surface area (Å²) in [5, 5.41) is 3.20. The molecule has 32 heavy (non-hydrogen) atoms. The van der Waals surface area contributed by atoms with E-state index in [4.69, 9.17) is 16.3 Å². The van der Waals surface area contributed by atoms with Gasteiger partial charge >= 0.3 is 5.97 Å². The maximum Gasteiger partial charge on any atom is 0.337 e. The largest absolute Gasteiger partial charge is 0.486 e. The molecule has 0 saturated carbocycles. The standard InChI is InChI=1S/C24H20ClF2NO4/c1-14(15-6-8-16(9-7-15)24(30)31-2)28-23(29)19-12-18(25)11-10-17(19)13-32-21-5-3-4-20(26)22(21)27/h3-12,14H,13H2,1-2H3,(H,28,29)/t14-/m0/s1. The minimum absolute atomic E-state index is 0.164. The lowest BCUT2D eigenvalue weighted by atomic mass is 10.0. The fraction of sp³-hybridized carbons (Fsp3) is 0.167. The van der Waals surface area contributed by atoms with Crippen molar-refractivity contribution in [2.75, 3.05) is 7.11 Å². The molecule has 0 aromatic heterocycles. The number of methoxy groups -OCH3 is 1. The smallest absolute Gasteiger partial charge is 0.337 e. The number of nitrogens with one attached hydrogen (secondary N) is 1. The van der Waals surface area contributed by atoms with Gasteiger partial charge in [-0.3, -0.25) is 4.79 Å². The number of amides is 1. The van der Waals surface area contributed by atoms with Gasteiger partial charge in [-0.25, -0.2) is 9.18 Å². The summed E-state index contributed by atoms with van der Waals surface area (Å²) in [5.41, 5.74) is 1.86. The Morgan fingerprint density at radius 1 is 1.06 bits per heavy atom. The van der Waals surface area contributed by atoms with Gasteiger partial charge in [0.2, 0.25) is 5.82 Å². The Hall–Kier alpha value is -3.45. The minimum Gasteiger partial charge on any atom is -0.486 e. The zero-order chi connectivity index (χ0) is 23.3. The highest BCUT2D eigenvalue weighted by molar-refractivity contribution is 6.31. The van der Waals surface area contributed by atoms with Crippen LogP contribution in [0, 0.1) is 11.6 Å². The molecule has 0 aliphatic carbocycles. The summed E-state index contributed by atoms with van der Waals surface area (Å²) in [6, 6.07) is 14.5. The fourth-order valence-electron chi connectivity index (χ4n) is 3.02. The van der Waals surface area contributed by atoms with Crippen LogP contribution < -0.4 is 10.1 Å². The molecule has 0 aliphatic heterocycles. The molecule has 8 heteroatoms. The second-order valence-electron chi connectivity index (χ2n) is 6.95. The van der Waals surface area contributed by atoms with Crippen molar-refractivity contribution in [3.63, 3.8) is 0 Å². The Kier molecular flexibility index (Phi) is 7.43. The molecule has 0 unspecified atom stereocenters. The number of esters is 1. The molecule has 3 rings (SSSR count). The molecule has 0 saturated heterocycles. The monoisotopic (exact) mass is 459 g/mol. The Balaban J connectivity index is 1.75. The normalized spacial score (nSPS) is 11.5. The van der Waals surface area contributed by atoms with Crippen molar-refractivity contribution in [3.05, 3.63) is 99.6 Å². The van der Waals surface area contributed by atoms with Crippen molar-refractivity contribution in [2.24, 2.45) is 0 Å². The Morgan fingerprint density at radius 2 is 1.78 bits per heavy atom. The third kappa shape index (κ3) is 5.42. The highest BCUT2D eigenvalue weighted by atomic mass is 35.5. The first-order valence-corrected chi connectivity index (χ1v) is 10.0. The first-order valence-electron chi connectivity index (χ1n) is 9.64. The van der Waals surface area contributed by atoms with Gasteiger partial charge in [-0.05, 0) is 48.9 Å². The van der Waals surface area contributed by atoms with Crippen LogP contribution in [0.2, 0.25) is 5.02 Å². The summed E-state index contributed by atoms with van der Waals surface area (Å²) in [7, 11) is 1.30. The number of carbonyl (C=O) groups excluding carboxylic acids is 2. The molecule has 3 aromatic rings. The van der Waals surface area contributed by atoms with Crippen molar-refractivity contribution in [1.82, 2.24) is 5.32 Å². The van der Waals surface area contributed by atoms with Crippen LogP contribution in [-0.4, -0.2) is 19.0 Å². The summed E-state index contributed by atoms with van der Waals surface area (Å²) < 4.78 is 37.3. The van der Waals surface area contributed by atoms with Crippen LogP contribution in [0.25, 0.3) is 0 Å². The number of benzene rings is 3. The van der Waals surface area contributed by atoms with E-state index in [1.807, 2.05) is 0 Å². The molecule has 5 nitrogen and oxygen atoms in total. The summed E-state index contributed by atoms with van der Waals surface area (Å²) in [6.45, 7) is 1.62. The average Bonchev–Trinajstić information content (AvgIpc) is 2.80. The van der Waals surface area contributed by atoms with Crippen molar-refractivity contribution >= 4 is 23.5 Å². The van der Waals surface area contributed by atoms with Crippen LogP contribution >= 0.6 is 11.6 Å². The summed E-state index contributed by atoms with van der Waals surface area (Å²) in [4.78, 5) is 24.5. The quantitative estimate of drug-likeness (QED) is 0.475. The zero-order valence-corrected chi connectivity index (χ0v) is 18.1. The molecule has 1 N–H and O–H groups in total. The van der Waals surface area contributed by atoms with E-state index < -0.39 is 23.5 Å². The predicted octanol–water partition coefficient (Wildman–Crippen LogP) is 5.47. The second-order valence-corrected chi connectivity index (χ2v) is 7.39. The van der Waals surface area contributed by atoms with Gasteiger partial charge in [0.15, 0.2) is 11.6 Å². The average molecular weight is 460 g/mol. The molecule has 1 atom stereocenters. The van der Waals surface area contributed by atoms with E-state index in [1.165, 1.54) is 25.3 Å². The van der Waals surface area contributed by atoms with Crippen LogP contribution in [-0.2, 0) is 11.3 Å². The van der Waals surface area contributed by atoms with Crippen LogP contribution in [0.4, 0.5) is 8.78 Å². The number of carbonyl (C=O) groups is 2. The lowest BCUT2D eigenvalue weighted by Gasteiger charge is -2.17.